The Morgan fingerprint density at radius 1 is 1.25 bits per heavy atom. The van der Waals surface area contributed by atoms with Gasteiger partial charge in [0.15, 0.2) is 0 Å². The number of carbonyl (C=O) groups excluding carboxylic acids is 1. The fourth-order valence-corrected chi connectivity index (χ4v) is 2.12. The molecule has 0 bridgehead atoms. The van der Waals surface area contributed by atoms with Crippen LogP contribution in [0, 0.1) is 5.92 Å². The van der Waals surface area contributed by atoms with Crippen LogP contribution in [0.4, 0.5) is 0 Å². The van der Waals surface area contributed by atoms with Gasteiger partial charge in [0.2, 0.25) is 5.91 Å². The average Bonchev–Trinajstić information content (AvgIpc) is 3.03. The molecule has 0 saturated heterocycles. The van der Waals surface area contributed by atoms with Crippen molar-refractivity contribution < 1.29 is 14.7 Å². The van der Waals surface area contributed by atoms with Crippen molar-refractivity contribution >= 4 is 23.6 Å². The number of aliphatic carboxylic acids is 1. The van der Waals surface area contributed by atoms with Gasteiger partial charge in [0, 0.05) is 24.5 Å². The summed E-state index contributed by atoms with van der Waals surface area (Å²) in [5, 5.41) is 11.2. The number of rotatable bonds is 9. The molecule has 92 valence electrons. The summed E-state index contributed by atoms with van der Waals surface area (Å²) in [6, 6.07) is 0. The zero-order valence-electron chi connectivity index (χ0n) is 9.41. The van der Waals surface area contributed by atoms with E-state index < -0.39 is 5.97 Å². The Labute approximate surface area is 100 Å². The van der Waals surface area contributed by atoms with Crippen LogP contribution >= 0.6 is 11.8 Å². The first-order chi connectivity index (χ1) is 7.68. The monoisotopic (exact) mass is 245 g/mol. The molecule has 5 heteroatoms. The van der Waals surface area contributed by atoms with Gasteiger partial charge in [-0.15, -0.1) is 0 Å². The first-order valence-electron chi connectivity index (χ1n) is 5.74. The molecular formula is C11H19NO3S. The number of carboxylic acids is 1. The number of thioether (sulfide) groups is 1. The van der Waals surface area contributed by atoms with Crippen LogP contribution in [-0.4, -0.2) is 35.0 Å². The maximum Gasteiger partial charge on any atom is 0.304 e. The highest BCUT2D eigenvalue weighted by molar-refractivity contribution is 7.99. The fourth-order valence-electron chi connectivity index (χ4n) is 1.35. The van der Waals surface area contributed by atoms with E-state index in [4.69, 9.17) is 5.11 Å². The van der Waals surface area contributed by atoms with E-state index in [0.717, 1.165) is 18.1 Å². The Morgan fingerprint density at radius 2 is 2.00 bits per heavy atom. The smallest absolute Gasteiger partial charge is 0.304 e. The number of nitrogens with one attached hydrogen (secondary N) is 1. The third-order valence-electron chi connectivity index (χ3n) is 2.51. The molecule has 0 aromatic rings. The molecule has 1 saturated carbocycles. The highest BCUT2D eigenvalue weighted by Crippen LogP contribution is 2.33. The van der Waals surface area contributed by atoms with E-state index >= 15 is 0 Å². The molecule has 1 rings (SSSR count). The molecule has 0 radical (unpaired) electrons. The van der Waals surface area contributed by atoms with Crippen molar-refractivity contribution in [1.82, 2.24) is 5.32 Å². The van der Waals surface area contributed by atoms with Gasteiger partial charge in [-0.1, -0.05) is 12.8 Å². The second kappa shape index (κ2) is 7.54. The van der Waals surface area contributed by atoms with E-state index in [2.05, 4.69) is 5.32 Å². The number of carbonyl (C=O) groups is 2. The molecule has 0 aromatic carbocycles. The highest BCUT2D eigenvalue weighted by Gasteiger charge is 2.21. The molecule has 4 nitrogen and oxygen atoms in total. The van der Waals surface area contributed by atoms with E-state index in [1.807, 2.05) is 0 Å². The minimum absolute atomic E-state index is 0.130. The van der Waals surface area contributed by atoms with Crippen LogP contribution in [-0.2, 0) is 9.59 Å². The molecule has 2 N–H and O–H groups in total. The van der Waals surface area contributed by atoms with Gasteiger partial charge in [-0.05, 0) is 12.3 Å². The molecule has 1 amide bonds. The molecule has 0 spiro atoms. The molecule has 0 aromatic heterocycles. The summed E-state index contributed by atoms with van der Waals surface area (Å²) in [7, 11) is 0. The largest absolute Gasteiger partial charge is 0.481 e. The number of hydrogen-bond donors (Lipinski definition) is 2. The Hall–Kier alpha value is -0.710. The molecule has 1 aliphatic carbocycles. The predicted octanol–water partition coefficient (Wildman–Crippen LogP) is 1.50. The van der Waals surface area contributed by atoms with Crippen molar-refractivity contribution in [3.8, 4) is 0 Å². The Balaban J connectivity index is 1.82. The van der Waals surface area contributed by atoms with Gasteiger partial charge >= 0.3 is 5.97 Å². The lowest BCUT2D eigenvalue weighted by molar-refractivity contribution is -0.136. The molecule has 1 fully saturated rings. The summed E-state index contributed by atoms with van der Waals surface area (Å²) in [5.41, 5.74) is 0. The quantitative estimate of drug-likeness (QED) is 0.604. The second-order valence-electron chi connectivity index (χ2n) is 4.09. The molecule has 0 aliphatic heterocycles. The Kier molecular flexibility index (Phi) is 6.30. The van der Waals surface area contributed by atoms with Crippen LogP contribution in [0.1, 0.15) is 32.1 Å². The SMILES string of the molecule is O=C(O)CCSCCNC(=O)CCC1CC1. The summed E-state index contributed by atoms with van der Waals surface area (Å²) < 4.78 is 0. The maximum absolute atomic E-state index is 11.3. The van der Waals surface area contributed by atoms with Gasteiger partial charge in [-0.25, -0.2) is 0 Å². The van der Waals surface area contributed by atoms with Crippen molar-refractivity contribution in [2.45, 2.75) is 32.1 Å². The average molecular weight is 245 g/mol. The van der Waals surface area contributed by atoms with Gasteiger partial charge in [0.1, 0.15) is 0 Å². The predicted molar refractivity (Wildman–Crippen MR) is 64.5 cm³/mol. The Morgan fingerprint density at radius 3 is 2.62 bits per heavy atom. The van der Waals surface area contributed by atoms with Crippen molar-refractivity contribution in [1.29, 1.82) is 0 Å². The van der Waals surface area contributed by atoms with Gasteiger partial charge in [0.25, 0.3) is 0 Å². The lowest BCUT2D eigenvalue weighted by atomic mass is 10.2. The highest BCUT2D eigenvalue weighted by atomic mass is 32.2. The van der Waals surface area contributed by atoms with E-state index in [0.29, 0.717) is 18.7 Å². The fraction of sp³-hybridized carbons (Fsp3) is 0.818. The first kappa shape index (κ1) is 13.4. The summed E-state index contributed by atoms with van der Waals surface area (Å²) in [6.45, 7) is 0.647. The molecule has 1 aliphatic rings. The van der Waals surface area contributed by atoms with Gasteiger partial charge in [0.05, 0.1) is 6.42 Å². The number of amides is 1. The number of carboxylic acid groups (broad SMARTS) is 1. The molecule has 0 unspecified atom stereocenters. The molecular weight excluding hydrogens is 226 g/mol. The van der Waals surface area contributed by atoms with Crippen LogP contribution in [0.2, 0.25) is 0 Å². The minimum Gasteiger partial charge on any atom is -0.481 e. The summed E-state index contributed by atoms with van der Waals surface area (Å²) >= 11 is 1.56. The van der Waals surface area contributed by atoms with Crippen LogP contribution in [0.25, 0.3) is 0 Å². The van der Waals surface area contributed by atoms with Crippen LogP contribution in [0.3, 0.4) is 0 Å². The van der Waals surface area contributed by atoms with Gasteiger partial charge in [-0.2, -0.15) is 11.8 Å². The lowest BCUT2D eigenvalue weighted by Crippen LogP contribution is -2.25. The molecule has 0 atom stereocenters. The van der Waals surface area contributed by atoms with E-state index in [-0.39, 0.29) is 12.3 Å². The zero-order chi connectivity index (χ0) is 11.8. The van der Waals surface area contributed by atoms with Crippen LogP contribution < -0.4 is 5.32 Å². The topological polar surface area (TPSA) is 66.4 Å². The van der Waals surface area contributed by atoms with E-state index in [1.54, 1.807) is 11.8 Å². The standard InChI is InChI=1S/C11H19NO3S/c13-10(4-3-9-1-2-9)12-6-8-16-7-5-11(14)15/h9H,1-8H2,(H,12,13)(H,14,15). The van der Waals surface area contributed by atoms with Crippen molar-refractivity contribution in [3.05, 3.63) is 0 Å². The first-order valence-corrected chi connectivity index (χ1v) is 6.90. The van der Waals surface area contributed by atoms with Gasteiger partial charge in [-0.3, -0.25) is 9.59 Å². The third-order valence-corrected chi connectivity index (χ3v) is 3.49. The molecule has 16 heavy (non-hydrogen) atoms. The normalized spacial score (nSPS) is 14.8. The molecule has 0 heterocycles. The second-order valence-corrected chi connectivity index (χ2v) is 5.31. The van der Waals surface area contributed by atoms with E-state index in [1.165, 1.54) is 12.8 Å². The summed E-state index contributed by atoms with van der Waals surface area (Å²) in [4.78, 5) is 21.5. The number of hydrogen-bond acceptors (Lipinski definition) is 3. The maximum atomic E-state index is 11.3. The van der Waals surface area contributed by atoms with Crippen molar-refractivity contribution in [2.75, 3.05) is 18.1 Å². The summed E-state index contributed by atoms with van der Waals surface area (Å²) in [5.74, 6) is 1.58. The third kappa shape index (κ3) is 7.56. The lowest BCUT2D eigenvalue weighted by Gasteiger charge is -2.04. The van der Waals surface area contributed by atoms with Gasteiger partial charge < -0.3 is 10.4 Å². The zero-order valence-corrected chi connectivity index (χ0v) is 10.2. The Bertz CT molecular complexity index is 241. The van der Waals surface area contributed by atoms with Crippen molar-refractivity contribution in [2.24, 2.45) is 5.92 Å². The van der Waals surface area contributed by atoms with Crippen LogP contribution in [0.15, 0.2) is 0 Å². The van der Waals surface area contributed by atoms with E-state index in [9.17, 15) is 9.59 Å². The minimum atomic E-state index is -0.763. The van der Waals surface area contributed by atoms with Crippen molar-refractivity contribution in [3.63, 3.8) is 0 Å². The van der Waals surface area contributed by atoms with Crippen LogP contribution in [0.5, 0.6) is 0 Å². The summed E-state index contributed by atoms with van der Waals surface area (Å²) in [6.07, 6.45) is 4.44.